The summed E-state index contributed by atoms with van der Waals surface area (Å²) >= 11 is 0. The number of carbonyl (C=O) groups excluding carboxylic acids is 1. The molecule has 1 fully saturated rings. The van der Waals surface area contributed by atoms with Crippen LogP contribution < -0.4 is 30.2 Å². The van der Waals surface area contributed by atoms with E-state index in [4.69, 9.17) is 14.2 Å². The molecule has 1 amide bonds. The molecule has 180 valence electrons. The smallest absolute Gasteiger partial charge is 0.227 e. The molecule has 1 aliphatic rings. The van der Waals surface area contributed by atoms with Crippen LogP contribution >= 0.6 is 24.0 Å². The van der Waals surface area contributed by atoms with Crippen LogP contribution in [0.25, 0.3) is 0 Å². The van der Waals surface area contributed by atoms with E-state index in [1.165, 1.54) is 0 Å². The van der Waals surface area contributed by atoms with Gasteiger partial charge < -0.3 is 30.2 Å². The van der Waals surface area contributed by atoms with Gasteiger partial charge in [0.05, 0.1) is 21.3 Å². The van der Waals surface area contributed by atoms with E-state index in [1.54, 1.807) is 28.4 Å². The molecule has 0 heterocycles. The number of amides is 1. The van der Waals surface area contributed by atoms with Crippen molar-refractivity contribution in [3.8, 4) is 17.2 Å². The average molecular weight is 568 g/mol. The number of carbonyl (C=O) groups is 1. The molecule has 0 unspecified atom stereocenters. The van der Waals surface area contributed by atoms with E-state index in [2.05, 4.69) is 20.9 Å². The summed E-state index contributed by atoms with van der Waals surface area (Å²) in [5, 5.41) is 9.61. The number of ether oxygens (including phenoxy) is 3. The Morgan fingerprint density at radius 1 is 0.970 bits per heavy atom. The van der Waals surface area contributed by atoms with Gasteiger partial charge in [0.15, 0.2) is 17.5 Å². The number of methoxy groups -OCH3 is 3. The van der Waals surface area contributed by atoms with E-state index in [1.807, 2.05) is 36.4 Å². The topological polar surface area (TPSA) is 93.2 Å². The molecule has 0 atom stereocenters. The number of hydrogen-bond donors (Lipinski definition) is 3. The van der Waals surface area contributed by atoms with Gasteiger partial charge >= 0.3 is 0 Å². The van der Waals surface area contributed by atoms with Crippen LogP contribution in [-0.4, -0.2) is 40.2 Å². The molecule has 0 spiro atoms. The molecule has 9 heteroatoms. The number of halogens is 1. The molecule has 0 saturated heterocycles. The highest BCUT2D eigenvalue weighted by Gasteiger charge is 2.25. The third-order valence-corrected chi connectivity index (χ3v) is 5.54. The third kappa shape index (κ3) is 7.15. The van der Waals surface area contributed by atoms with Crippen LogP contribution in [0, 0.1) is 5.92 Å². The maximum absolute atomic E-state index is 12.2. The standard InChI is InChI=1S/C24H32N4O4.HI/c1-25-24(27-15-17-12-20(30-2)22(32-4)21(13-17)31-3)26-14-16-7-5-10-19(11-16)28-23(29)18-8-6-9-18;/h5,7,10-13,18H,6,8-9,14-15H2,1-4H3,(H,28,29)(H2,25,26,27);1H. The quantitative estimate of drug-likeness (QED) is 0.241. The second-order valence-electron chi connectivity index (χ2n) is 7.63. The highest BCUT2D eigenvalue weighted by molar-refractivity contribution is 14.0. The second-order valence-corrected chi connectivity index (χ2v) is 7.63. The molecule has 3 rings (SSSR count). The number of benzene rings is 2. The van der Waals surface area contributed by atoms with Gasteiger partial charge in [-0.05, 0) is 48.2 Å². The van der Waals surface area contributed by atoms with Crippen LogP contribution in [0.4, 0.5) is 5.69 Å². The predicted molar refractivity (Wildman–Crippen MR) is 141 cm³/mol. The number of aliphatic imine (C=N–C) groups is 1. The zero-order valence-corrected chi connectivity index (χ0v) is 21.9. The van der Waals surface area contributed by atoms with Crippen molar-refractivity contribution < 1.29 is 19.0 Å². The van der Waals surface area contributed by atoms with E-state index in [9.17, 15) is 4.79 Å². The van der Waals surface area contributed by atoms with Crippen LogP contribution in [0.3, 0.4) is 0 Å². The maximum Gasteiger partial charge on any atom is 0.227 e. The molecule has 1 aliphatic carbocycles. The van der Waals surface area contributed by atoms with Crippen molar-refractivity contribution in [2.75, 3.05) is 33.7 Å². The van der Waals surface area contributed by atoms with Gasteiger partial charge in [-0.3, -0.25) is 9.79 Å². The van der Waals surface area contributed by atoms with Gasteiger partial charge in [0, 0.05) is 31.7 Å². The van der Waals surface area contributed by atoms with E-state index >= 15 is 0 Å². The third-order valence-electron chi connectivity index (χ3n) is 5.54. The highest BCUT2D eigenvalue weighted by Crippen LogP contribution is 2.38. The van der Waals surface area contributed by atoms with E-state index in [-0.39, 0.29) is 35.8 Å². The minimum Gasteiger partial charge on any atom is -0.493 e. The van der Waals surface area contributed by atoms with Crippen molar-refractivity contribution in [2.24, 2.45) is 10.9 Å². The van der Waals surface area contributed by atoms with E-state index < -0.39 is 0 Å². The fourth-order valence-electron chi connectivity index (χ4n) is 3.50. The number of nitrogens with zero attached hydrogens (tertiary/aromatic N) is 1. The molecule has 0 aliphatic heterocycles. The summed E-state index contributed by atoms with van der Waals surface area (Å²) < 4.78 is 16.2. The van der Waals surface area contributed by atoms with Crippen LogP contribution in [0.1, 0.15) is 30.4 Å². The Morgan fingerprint density at radius 2 is 1.61 bits per heavy atom. The fraction of sp³-hybridized carbons (Fsp3) is 0.417. The molecule has 0 bridgehead atoms. The van der Waals surface area contributed by atoms with Gasteiger partial charge in [0.1, 0.15) is 0 Å². The number of anilines is 1. The Labute approximate surface area is 212 Å². The molecule has 3 N–H and O–H groups in total. The number of nitrogens with one attached hydrogen (secondary N) is 3. The molecule has 0 radical (unpaired) electrons. The Kier molecular flexibility index (Phi) is 10.6. The Hall–Kier alpha value is -2.69. The number of hydrogen-bond acceptors (Lipinski definition) is 5. The Bertz CT molecular complexity index is 938. The Balaban J connectivity index is 0.00000385. The monoisotopic (exact) mass is 568 g/mol. The Morgan fingerprint density at radius 3 is 2.12 bits per heavy atom. The first-order valence-corrected chi connectivity index (χ1v) is 10.7. The van der Waals surface area contributed by atoms with Crippen molar-refractivity contribution in [3.05, 3.63) is 47.5 Å². The lowest BCUT2D eigenvalue weighted by atomic mass is 9.85. The van der Waals surface area contributed by atoms with Gasteiger partial charge in [-0.15, -0.1) is 24.0 Å². The molecule has 2 aromatic rings. The van der Waals surface area contributed by atoms with Gasteiger partial charge in [-0.2, -0.15) is 0 Å². The first-order valence-electron chi connectivity index (χ1n) is 10.7. The van der Waals surface area contributed by atoms with Crippen LogP contribution in [0.2, 0.25) is 0 Å². The van der Waals surface area contributed by atoms with Crippen LogP contribution in [-0.2, 0) is 17.9 Å². The molecule has 1 saturated carbocycles. The van der Waals surface area contributed by atoms with E-state index in [0.29, 0.717) is 36.3 Å². The lowest BCUT2D eigenvalue weighted by Crippen LogP contribution is -2.36. The van der Waals surface area contributed by atoms with Crippen LogP contribution in [0.15, 0.2) is 41.4 Å². The summed E-state index contributed by atoms with van der Waals surface area (Å²) in [6.07, 6.45) is 3.12. The molecule has 0 aromatic heterocycles. The lowest BCUT2D eigenvalue weighted by molar-refractivity contribution is -0.122. The molecule has 2 aromatic carbocycles. The molecular weight excluding hydrogens is 535 g/mol. The summed E-state index contributed by atoms with van der Waals surface area (Å²) in [6, 6.07) is 11.7. The lowest BCUT2D eigenvalue weighted by Gasteiger charge is -2.24. The molecular formula is C24H33IN4O4. The van der Waals surface area contributed by atoms with Crippen molar-refractivity contribution in [1.82, 2.24) is 10.6 Å². The molecule has 33 heavy (non-hydrogen) atoms. The number of guanidine groups is 1. The minimum absolute atomic E-state index is 0. The fourth-order valence-corrected chi connectivity index (χ4v) is 3.50. The summed E-state index contributed by atoms with van der Waals surface area (Å²) in [4.78, 5) is 16.5. The van der Waals surface area contributed by atoms with Crippen molar-refractivity contribution >= 4 is 41.5 Å². The van der Waals surface area contributed by atoms with E-state index in [0.717, 1.165) is 36.1 Å². The van der Waals surface area contributed by atoms with Gasteiger partial charge in [0.2, 0.25) is 11.7 Å². The average Bonchev–Trinajstić information content (AvgIpc) is 2.77. The normalized spacial score (nSPS) is 13.3. The summed E-state index contributed by atoms with van der Waals surface area (Å²) in [5.41, 5.74) is 2.83. The van der Waals surface area contributed by atoms with Crippen molar-refractivity contribution in [1.29, 1.82) is 0 Å². The summed E-state index contributed by atoms with van der Waals surface area (Å²) in [6.45, 7) is 1.09. The second kappa shape index (κ2) is 13.1. The minimum atomic E-state index is 0. The SMILES string of the molecule is CN=C(NCc1cccc(NC(=O)C2CCC2)c1)NCc1cc(OC)c(OC)c(OC)c1.I. The zero-order valence-electron chi connectivity index (χ0n) is 19.6. The zero-order chi connectivity index (χ0) is 22.9. The van der Waals surface area contributed by atoms with Gasteiger partial charge in [-0.25, -0.2) is 0 Å². The summed E-state index contributed by atoms with van der Waals surface area (Å²) in [7, 11) is 6.49. The first-order chi connectivity index (χ1) is 15.6. The van der Waals surface area contributed by atoms with Gasteiger partial charge in [-0.1, -0.05) is 18.6 Å². The van der Waals surface area contributed by atoms with Crippen molar-refractivity contribution in [2.45, 2.75) is 32.4 Å². The largest absolute Gasteiger partial charge is 0.493 e. The van der Waals surface area contributed by atoms with Gasteiger partial charge in [0.25, 0.3) is 0 Å². The highest BCUT2D eigenvalue weighted by atomic mass is 127. The first kappa shape index (κ1) is 26.6. The predicted octanol–water partition coefficient (Wildman–Crippen LogP) is 3.93. The summed E-state index contributed by atoms with van der Waals surface area (Å²) in [5.74, 6) is 2.70. The van der Waals surface area contributed by atoms with Crippen LogP contribution in [0.5, 0.6) is 17.2 Å². The maximum atomic E-state index is 12.2. The van der Waals surface area contributed by atoms with Crippen molar-refractivity contribution in [3.63, 3.8) is 0 Å². The number of rotatable bonds is 9. The molecule has 8 nitrogen and oxygen atoms in total.